The van der Waals surface area contributed by atoms with Crippen molar-refractivity contribution in [1.82, 2.24) is 4.90 Å². The lowest BCUT2D eigenvalue weighted by Gasteiger charge is -2.26. The average Bonchev–Trinajstić information content (AvgIpc) is 2.95. The van der Waals surface area contributed by atoms with Crippen molar-refractivity contribution in [1.29, 1.82) is 5.26 Å². The highest BCUT2D eigenvalue weighted by Crippen LogP contribution is 2.31. The smallest absolute Gasteiger partial charge is 0.336 e. The summed E-state index contributed by atoms with van der Waals surface area (Å²) >= 11 is 0. The summed E-state index contributed by atoms with van der Waals surface area (Å²) in [5.74, 6) is 1.28. The molecule has 9 heteroatoms. The van der Waals surface area contributed by atoms with Crippen molar-refractivity contribution in [2.24, 2.45) is 5.92 Å². The molecule has 39 heavy (non-hydrogen) atoms. The summed E-state index contributed by atoms with van der Waals surface area (Å²) in [5, 5.41) is 9.53. The molecule has 1 aliphatic heterocycles. The van der Waals surface area contributed by atoms with Gasteiger partial charge in [0.25, 0.3) is 5.91 Å². The van der Waals surface area contributed by atoms with E-state index in [1.54, 1.807) is 48.4 Å². The standard InChI is InChI=1S/C30H34N2O7/c1-21(2)11-14-38-25-8-5-22(18-27(25)35-3)7-10-29(33)39-26-9-6-23(19-28(26)36-4)17-24(20-31)30(34)32-12-15-37-16-13-32/h5-10,17-19,21H,11-16H2,1-4H3/b10-7+,24-17+. The number of morpholine rings is 1. The maximum absolute atomic E-state index is 12.7. The van der Waals surface area contributed by atoms with E-state index < -0.39 is 5.97 Å². The lowest BCUT2D eigenvalue weighted by Crippen LogP contribution is -2.41. The molecule has 3 rings (SSSR count). The van der Waals surface area contributed by atoms with Gasteiger partial charge in [0.1, 0.15) is 11.6 Å². The van der Waals surface area contributed by atoms with Crippen LogP contribution in [-0.2, 0) is 14.3 Å². The van der Waals surface area contributed by atoms with Gasteiger partial charge < -0.3 is 28.6 Å². The van der Waals surface area contributed by atoms with Gasteiger partial charge in [-0.3, -0.25) is 4.79 Å². The van der Waals surface area contributed by atoms with E-state index in [0.717, 1.165) is 12.0 Å². The zero-order chi connectivity index (χ0) is 28.2. The molecule has 1 fully saturated rings. The highest BCUT2D eigenvalue weighted by atomic mass is 16.6. The molecule has 0 atom stereocenters. The molecule has 2 aromatic rings. The Morgan fingerprint density at radius 2 is 1.64 bits per heavy atom. The van der Waals surface area contributed by atoms with Gasteiger partial charge >= 0.3 is 5.97 Å². The summed E-state index contributed by atoms with van der Waals surface area (Å²) in [6.07, 6.45) is 5.33. The zero-order valence-corrected chi connectivity index (χ0v) is 22.8. The van der Waals surface area contributed by atoms with Crippen LogP contribution in [0.4, 0.5) is 0 Å². The van der Waals surface area contributed by atoms with E-state index in [1.165, 1.54) is 19.3 Å². The Hall–Kier alpha value is -4.29. The van der Waals surface area contributed by atoms with Gasteiger partial charge in [-0.15, -0.1) is 0 Å². The number of carbonyl (C=O) groups is 2. The number of rotatable bonds is 11. The van der Waals surface area contributed by atoms with Crippen LogP contribution in [0.3, 0.4) is 0 Å². The monoisotopic (exact) mass is 534 g/mol. The van der Waals surface area contributed by atoms with E-state index in [-0.39, 0.29) is 23.0 Å². The highest BCUT2D eigenvalue weighted by molar-refractivity contribution is 6.01. The maximum atomic E-state index is 12.7. The van der Waals surface area contributed by atoms with Crippen LogP contribution < -0.4 is 18.9 Å². The molecule has 0 aliphatic carbocycles. The van der Waals surface area contributed by atoms with E-state index in [2.05, 4.69) is 13.8 Å². The first-order chi connectivity index (χ1) is 18.8. The quantitative estimate of drug-likeness (QED) is 0.179. The van der Waals surface area contributed by atoms with Gasteiger partial charge in [0.15, 0.2) is 23.0 Å². The van der Waals surface area contributed by atoms with E-state index >= 15 is 0 Å². The van der Waals surface area contributed by atoms with Gasteiger partial charge in [0, 0.05) is 19.2 Å². The van der Waals surface area contributed by atoms with E-state index in [9.17, 15) is 14.9 Å². The molecule has 0 saturated carbocycles. The number of hydrogen-bond donors (Lipinski definition) is 0. The molecule has 0 bridgehead atoms. The second kappa shape index (κ2) is 14.6. The molecule has 0 unspecified atom stereocenters. The number of hydrogen-bond acceptors (Lipinski definition) is 8. The molecular weight excluding hydrogens is 500 g/mol. The molecule has 1 amide bonds. The molecule has 1 saturated heterocycles. The highest BCUT2D eigenvalue weighted by Gasteiger charge is 2.21. The molecule has 1 aliphatic rings. The number of methoxy groups -OCH3 is 2. The molecule has 0 spiro atoms. The Morgan fingerprint density at radius 3 is 2.31 bits per heavy atom. The first kappa shape index (κ1) is 29.3. The minimum Gasteiger partial charge on any atom is -0.493 e. The van der Waals surface area contributed by atoms with Crippen LogP contribution >= 0.6 is 0 Å². The van der Waals surface area contributed by atoms with Gasteiger partial charge in [0.05, 0.1) is 34.0 Å². The average molecular weight is 535 g/mol. The number of esters is 1. The summed E-state index contributed by atoms with van der Waals surface area (Å²) < 4.78 is 27.3. The minimum atomic E-state index is -0.604. The number of carbonyl (C=O) groups excluding carboxylic acids is 2. The molecule has 2 aromatic carbocycles. The SMILES string of the molecule is COc1cc(/C=C/C(=O)Oc2ccc(/C=C(\C#N)C(=O)N3CCOCC3)cc2OC)ccc1OCCC(C)C. The predicted octanol–water partition coefficient (Wildman–Crippen LogP) is 4.51. The minimum absolute atomic E-state index is 0.00148. The fraction of sp³-hybridized carbons (Fsp3) is 0.367. The van der Waals surface area contributed by atoms with Gasteiger partial charge in [0.2, 0.25) is 0 Å². The molecular formula is C30H34N2O7. The number of benzene rings is 2. The Morgan fingerprint density at radius 1 is 1.00 bits per heavy atom. The van der Waals surface area contributed by atoms with Crippen LogP contribution in [0.25, 0.3) is 12.2 Å². The van der Waals surface area contributed by atoms with Crippen LogP contribution in [0.15, 0.2) is 48.0 Å². The maximum Gasteiger partial charge on any atom is 0.336 e. The van der Waals surface area contributed by atoms with Crippen LogP contribution in [0.2, 0.25) is 0 Å². The Balaban J connectivity index is 1.67. The van der Waals surface area contributed by atoms with Crippen LogP contribution in [0.1, 0.15) is 31.4 Å². The van der Waals surface area contributed by atoms with Crippen molar-refractivity contribution < 1.29 is 33.3 Å². The summed E-state index contributed by atoms with van der Waals surface area (Å²) in [5.41, 5.74) is 1.29. The van der Waals surface area contributed by atoms with Crippen molar-refractivity contribution in [3.8, 4) is 29.1 Å². The zero-order valence-electron chi connectivity index (χ0n) is 22.8. The Bertz CT molecular complexity index is 1250. The van der Waals surface area contributed by atoms with Gasteiger partial charge in [-0.25, -0.2) is 4.79 Å². The normalized spacial score (nSPS) is 13.7. The van der Waals surface area contributed by atoms with Crippen LogP contribution in [0, 0.1) is 17.2 Å². The van der Waals surface area contributed by atoms with Crippen LogP contribution in [0.5, 0.6) is 23.0 Å². The summed E-state index contributed by atoms with van der Waals surface area (Å²) in [4.78, 5) is 26.8. The fourth-order valence-corrected chi connectivity index (χ4v) is 3.72. The lowest BCUT2D eigenvalue weighted by atomic mass is 10.1. The molecule has 0 N–H and O–H groups in total. The third-order valence-corrected chi connectivity index (χ3v) is 5.91. The molecule has 0 radical (unpaired) electrons. The van der Waals surface area contributed by atoms with Crippen LogP contribution in [-0.4, -0.2) is 63.9 Å². The van der Waals surface area contributed by atoms with Gasteiger partial charge in [-0.1, -0.05) is 26.0 Å². The number of amides is 1. The first-order valence-electron chi connectivity index (χ1n) is 12.7. The number of ether oxygens (including phenoxy) is 5. The van der Waals surface area contributed by atoms with Crippen molar-refractivity contribution in [3.05, 3.63) is 59.2 Å². The van der Waals surface area contributed by atoms with E-state index in [1.807, 2.05) is 12.1 Å². The molecule has 0 aromatic heterocycles. The predicted molar refractivity (Wildman–Crippen MR) is 147 cm³/mol. The van der Waals surface area contributed by atoms with Gasteiger partial charge in [-0.2, -0.15) is 5.26 Å². The fourth-order valence-electron chi connectivity index (χ4n) is 3.72. The summed E-state index contributed by atoms with van der Waals surface area (Å²) in [6, 6.07) is 12.2. The Kier molecular flexibility index (Phi) is 11.0. The first-order valence-corrected chi connectivity index (χ1v) is 12.7. The topological polar surface area (TPSA) is 107 Å². The summed E-state index contributed by atoms with van der Waals surface area (Å²) in [7, 11) is 3.01. The van der Waals surface area contributed by atoms with Crippen molar-refractivity contribution in [3.63, 3.8) is 0 Å². The second-order valence-corrected chi connectivity index (χ2v) is 9.18. The largest absolute Gasteiger partial charge is 0.493 e. The second-order valence-electron chi connectivity index (χ2n) is 9.18. The van der Waals surface area contributed by atoms with Crippen molar-refractivity contribution in [2.75, 3.05) is 47.1 Å². The van der Waals surface area contributed by atoms with E-state index in [4.69, 9.17) is 23.7 Å². The Labute approximate surface area is 229 Å². The van der Waals surface area contributed by atoms with Gasteiger partial charge in [-0.05, 0) is 59.9 Å². The number of nitrogens with zero attached hydrogens (tertiary/aromatic N) is 2. The third kappa shape index (κ3) is 8.62. The number of nitriles is 1. The van der Waals surface area contributed by atoms with Crippen molar-refractivity contribution >= 4 is 24.0 Å². The van der Waals surface area contributed by atoms with Crippen molar-refractivity contribution in [2.45, 2.75) is 20.3 Å². The van der Waals surface area contributed by atoms with E-state index in [0.29, 0.717) is 55.9 Å². The molecule has 206 valence electrons. The molecule has 1 heterocycles. The molecule has 9 nitrogen and oxygen atoms in total. The summed E-state index contributed by atoms with van der Waals surface area (Å²) in [6.45, 7) is 6.62. The lowest BCUT2D eigenvalue weighted by molar-refractivity contribution is -0.130. The third-order valence-electron chi connectivity index (χ3n) is 5.91.